The number of amides is 1. The van der Waals surface area contributed by atoms with Crippen LogP contribution in [0.3, 0.4) is 0 Å². The fourth-order valence-electron chi connectivity index (χ4n) is 1.59. The molecule has 1 unspecified atom stereocenters. The average Bonchev–Trinajstić information content (AvgIpc) is 2.47. The zero-order valence-electron chi connectivity index (χ0n) is 11.8. The van der Waals surface area contributed by atoms with Gasteiger partial charge >= 0.3 is 0 Å². The van der Waals surface area contributed by atoms with Crippen LogP contribution in [0.15, 0.2) is 35.5 Å². The Kier molecular flexibility index (Phi) is 5.83. The number of nitrogens with one attached hydrogen (secondary N) is 1. The van der Waals surface area contributed by atoms with Crippen LogP contribution < -0.4 is 15.8 Å². The maximum Gasteiger partial charge on any atom is 0.224 e. The molecule has 0 spiro atoms. The van der Waals surface area contributed by atoms with Crippen molar-refractivity contribution in [3.8, 4) is 5.75 Å². The van der Waals surface area contributed by atoms with Gasteiger partial charge in [0.15, 0.2) is 5.84 Å². The van der Waals surface area contributed by atoms with Crippen molar-refractivity contribution in [2.45, 2.75) is 32.2 Å². The number of para-hydroxylation sites is 1. The molecule has 1 atom stereocenters. The summed E-state index contributed by atoms with van der Waals surface area (Å²) in [5.74, 6) is 0.490. The van der Waals surface area contributed by atoms with Crippen molar-refractivity contribution in [3.05, 3.63) is 30.3 Å². The number of carbonyl (C=O) groups is 1. The van der Waals surface area contributed by atoms with Gasteiger partial charge in [-0.3, -0.25) is 4.79 Å². The Morgan fingerprint density at radius 1 is 1.45 bits per heavy atom. The van der Waals surface area contributed by atoms with E-state index in [1.807, 2.05) is 37.3 Å². The minimum atomic E-state index is -0.849. The first-order valence-electron chi connectivity index (χ1n) is 6.48. The number of oxime groups is 1. The Balaban J connectivity index is 2.43. The van der Waals surface area contributed by atoms with Crippen LogP contribution in [0.25, 0.3) is 0 Å². The van der Waals surface area contributed by atoms with E-state index in [0.29, 0.717) is 6.42 Å². The van der Waals surface area contributed by atoms with Gasteiger partial charge in [-0.05, 0) is 25.5 Å². The van der Waals surface area contributed by atoms with E-state index in [-0.39, 0.29) is 24.8 Å². The summed E-state index contributed by atoms with van der Waals surface area (Å²) in [5.41, 5.74) is 4.74. The molecule has 110 valence electrons. The van der Waals surface area contributed by atoms with Crippen LogP contribution in [0, 0.1) is 0 Å². The third-order valence-electron chi connectivity index (χ3n) is 3.14. The summed E-state index contributed by atoms with van der Waals surface area (Å²) in [7, 11) is 0. The van der Waals surface area contributed by atoms with Crippen LogP contribution in [0.1, 0.15) is 26.7 Å². The molecule has 1 aromatic rings. The molecule has 1 rings (SSSR count). The van der Waals surface area contributed by atoms with Crippen molar-refractivity contribution >= 4 is 11.7 Å². The highest BCUT2D eigenvalue weighted by atomic mass is 16.5. The fraction of sp³-hybridized carbons (Fsp3) is 0.429. The van der Waals surface area contributed by atoms with Gasteiger partial charge in [-0.1, -0.05) is 30.3 Å². The summed E-state index contributed by atoms with van der Waals surface area (Å²) < 4.78 is 5.44. The first-order chi connectivity index (χ1) is 9.51. The molecular weight excluding hydrogens is 258 g/mol. The molecule has 1 amide bonds. The van der Waals surface area contributed by atoms with Crippen molar-refractivity contribution in [2.24, 2.45) is 10.9 Å². The molecule has 0 saturated heterocycles. The topological polar surface area (TPSA) is 96.9 Å². The number of nitrogens with two attached hydrogens (primary N) is 1. The predicted molar refractivity (Wildman–Crippen MR) is 76.8 cm³/mol. The molecule has 0 radical (unpaired) electrons. The number of hydrogen-bond donors (Lipinski definition) is 3. The molecule has 6 nitrogen and oxygen atoms in total. The second-order valence-corrected chi connectivity index (χ2v) is 4.63. The molecule has 0 heterocycles. The fourth-order valence-corrected chi connectivity index (χ4v) is 1.59. The molecule has 0 fully saturated rings. The Hall–Kier alpha value is -2.24. The van der Waals surface area contributed by atoms with Crippen LogP contribution in [-0.2, 0) is 4.79 Å². The van der Waals surface area contributed by atoms with Gasteiger partial charge in [0.25, 0.3) is 0 Å². The molecule has 4 N–H and O–H groups in total. The van der Waals surface area contributed by atoms with Crippen LogP contribution in [0.4, 0.5) is 0 Å². The van der Waals surface area contributed by atoms with Crippen molar-refractivity contribution in [1.82, 2.24) is 5.32 Å². The molecule has 0 saturated carbocycles. The lowest BCUT2D eigenvalue weighted by Gasteiger charge is -2.28. The van der Waals surface area contributed by atoms with Crippen molar-refractivity contribution < 1.29 is 14.7 Å². The van der Waals surface area contributed by atoms with Crippen LogP contribution in [0.2, 0.25) is 0 Å². The first-order valence-corrected chi connectivity index (χ1v) is 6.48. The third kappa shape index (κ3) is 4.46. The summed E-state index contributed by atoms with van der Waals surface area (Å²) in [4.78, 5) is 11.8. The molecule has 0 aliphatic rings. The number of rotatable bonds is 7. The van der Waals surface area contributed by atoms with Crippen molar-refractivity contribution in [2.75, 3.05) is 6.61 Å². The summed E-state index contributed by atoms with van der Waals surface area (Å²) in [6.07, 6.45) is 0.720. The Morgan fingerprint density at radius 2 is 2.10 bits per heavy atom. The third-order valence-corrected chi connectivity index (χ3v) is 3.14. The SMILES string of the molecule is CCC(C)(NC(=O)CCOc1ccccc1)/C(N)=N/O. The molecule has 0 aromatic heterocycles. The van der Waals surface area contributed by atoms with Gasteiger partial charge in [-0.2, -0.15) is 0 Å². The van der Waals surface area contributed by atoms with E-state index in [0.717, 1.165) is 5.75 Å². The van der Waals surface area contributed by atoms with E-state index in [1.165, 1.54) is 0 Å². The molecule has 6 heteroatoms. The molecule has 0 aliphatic carbocycles. The predicted octanol–water partition coefficient (Wildman–Crippen LogP) is 1.49. The molecule has 0 bridgehead atoms. The van der Waals surface area contributed by atoms with E-state index in [2.05, 4.69) is 10.5 Å². The highest BCUT2D eigenvalue weighted by molar-refractivity contribution is 5.93. The van der Waals surface area contributed by atoms with E-state index in [9.17, 15) is 4.79 Å². The monoisotopic (exact) mass is 279 g/mol. The number of benzene rings is 1. The second kappa shape index (κ2) is 7.37. The quantitative estimate of drug-likeness (QED) is 0.305. The highest BCUT2D eigenvalue weighted by Crippen LogP contribution is 2.11. The van der Waals surface area contributed by atoms with Gasteiger partial charge in [0.1, 0.15) is 5.75 Å². The Labute approximate surface area is 118 Å². The number of nitrogens with zero attached hydrogens (tertiary/aromatic N) is 1. The Morgan fingerprint density at radius 3 is 2.65 bits per heavy atom. The molecule has 1 aromatic carbocycles. The van der Waals surface area contributed by atoms with Crippen molar-refractivity contribution in [3.63, 3.8) is 0 Å². The lowest BCUT2D eigenvalue weighted by molar-refractivity contribution is -0.122. The summed E-state index contributed by atoms with van der Waals surface area (Å²) >= 11 is 0. The Bertz CT molecular complexity index is 462. The number of ether oxygens (including phenoxy) is 1. The summed E-state index contributed by atoms with van der Waals surface area (Å²) in [5, 5.41) is 14.4. The number of amidine groups is 1. The first kappa shape index (κ1) is 15.8. The molecule has 20 heavy (non-hydrogen) atoms. The van der Waals surface area contributed by atoms with Gasteiger partial charge in [0.05, 0.1) is 18.6 Å². The lowest BCUT2D eigenvalue weighted by Crippen LogP contribution is -2.55. The molecular formula is C14H21N3O3. The number of carbonyl (C=O) groups excluding carboxylic acids is 1. The van der Waals surface area contributed by atoms with Crippen molar-refractivity contribution in [1.29, 1.82) is 0 Å². The minimum absolute atomic E-state index is 0.0164. The van der Waals surface area contributed by atoms with Gasteiger partial charge in [-0.15, -0.1) is 0 Å². The average molecular weight is 279 g/mol. The van der Waals surface area contributed by atoms with E-state index in [1.54, 1.807) is 6.92 Å². The van der Waals surface area contributed by atoms with Gasteiger partial charge < -0.3 is 21.0 Å². The standard InChI is InChI=1S/C14H21N3O3/c1-3-14(2,13(15)17-19)16-12(18)9-10-20-11-7-5-4-6-8-11/h4-8,19H,3,9-10H2,1-2H3,(H2,15,17)(H,16,18). The van der Waals surface area contributed by atoms with Gasteiger partial charge in [-0.25, -0.2) is 0 Å². The van der Waals surface area contributed by atoms with E-state index in [4.69, 9.17) is 15.7 Å². The maximum atomic E-state index is 11.8. The largest absolute Gasteiger partial charge is 0.493 e. The smallest absolute Gasteiger partial charge is 0.224 e. The van der Waals surface area contributed by atoms with E-state index < -0.39 is 5.54 Å². The van der Waals surface area contributed by atoms with Crippen LogP contribution >= 0.6 is 0 Å². The van der Waals surface area contributed by atoms with Gasteiger partial charge in [0, 0.05) is 0 Å². The highest BCUT2D eigenvalue weighted by Gasteiger charge is 2.29. The van der Waals surface area contributed by atoms with E-state index >= 15 is 0 Å². The van der Waals surface area contributed by atoms with Crippen LogP contribution in [-0.4, -0.2) is 29.1 Å². The maximum absolute atomic E-state index is 11.8. The second-order valence-electron chi connectivity index (χ2n) is 4.63. The van der Waals surface area contributed by atoms with Gasteiger partial charge in [0.2, 0.25) is 5.91 Å². The zero-order chi connectivity index (χ0) is 15.0. The lowest BCUT2D eigenvalue weighted by atomic mass is 9.97. The normalized spacial score (nSPS) is 14.4. The molecule has 0 aliphatic heterocycles. The van der Waals surface area contributed by atoms with Crippen LogP contribution in [0.5, 0.6) is 5.75 Å². The number of hydrogen-bond acceptors (Lipinski definition) is 4. The summed E-state index contributed by atoms with van der Waals surface area (Å²) in [6.45, 7) is 3.82. The summed E-state index contributed by atoms with van der Waals surface area (Å²) in [6, 6.07) is 9.27. The zero-order valence-corrected chi connectivity index (χ0v) is 11.8. The minimum Gasteiger partial charge on any atom is -0.493 e.